The normalized spacial score (nSPS) is 9.84. The largest absolute Gasteiger partial charge is 0.462 e. The second-order valence-corrected chi connectivity index (χ2v) is 3.85. The lowest BCUT2D eigenvalue weighted by Gasteiger charge is -2.09. The van der Waals surface area contributed by atoms with Gasteiger partial charge < -0.3 is 10.1 Å². The fraction of sp³-hybridized carbons (Fsp3) is 0.333. The number of ether oxygens (including phenoxy) is 1. The van der Waals surface area contributed by atoms with E-state index in [4.69, 9.17) is 4.74 Å². The molecule has 0 aliphatic carbocycles. The molecule has 1 N–H and O–H groups in total. The lowest BCUT2D eigenvalue weighted by Crippen LogP contribution is -2.12. The first kappa shape index (κ1) is 14.6. The molecule has 7 nitrogen and oxygen atoms in total. The van der Waals surface area contributed by atoms with Crippen molar-refractivity contribution in [3.8, 4) is 0 Å². The van der Waals surface area contributed by atoms with E-state index in [0.29, 0.717) is 5.56 Å². The zero-order valence-electron chi connectivity index (χ0n) is 10.9. The molecule has 0 atom stereocenters. The SMILES string of the molecule is CCOC(=O)c1cc(C)c(NC(C)=O)c([N+](=O)[O-])c1. The molecule has 1 rings (SSSR count). The van der Waals surface area contributed by atoms with E-state index in [1.807, 2.05) is 0 Å². The first-order valence-corrected chi connectivity index (χ1v) is 5.60. The van der Waals surface area contributed by atoms with Gasteiger partial charge in [0.05, 0.1) is 17.1 Å². The highest BCUT2D eigenvalue weighted by Gasteiger charge is 2.21. The van der Waals surface area contributed by atoms with Crippen molar-refractivity contribution in [2.75, 3.05) is 11.9 Å². The van der Waals surface area contributed by atoms with Gasteiger partial charge in [0, 0.05) is 13.0 Å². The van der Waals surface area contributed by atoms with E-state index < -0.39 is 16.8 Å². The van der Waals surface area contributed by atoms with Crippen LogP contribution in [0, 0.1) is 17.0 Å². The van der Waals surface area contributed by atoms with Gasteiger partial charge in [0.25, 0.3) is 5.69 Å². The van der Waals surface area contributed by atoms with Crippen molar-refractivity contribution in [2.45, 2.75) is 20.8 Å². The van der Waals surface area contributed by atoms with E-state index in [9.17, 15) is 19.7 Å². The van der Waals surface area contributed by atoms with Gasteiger partial charge in [-0.15, -0.1) is 0 Å². The molecule has 0 aliphatic rings. The topological polar surface area (TPSA) is 98.5 Å². The zero-order valence-corrected chi connectivity index (χ0v) is 10.9. The standard InChI is InChI=1S/C12H14N2O5/c1-4-19-12(16)9-5-7(2)11(13-8(3)15)10(6-9)14(17)18/h5-6H,4H2,1-3H3,(H,13,15). The second-order valence-electron chi connectivity index (χ2n) is 3.85. The first-order chi connectivity index (χ1) is 8.86. The minimum Gasteiger partial charge on any atom is -0.462 e. The molecule has 0 spiro atoms. The molecule has 0 bridgehead atoms. The number of nitrogens with zero attached hydrogens (tertiary/aromatic N) is 1. The highest BCUT2D eigenvalue weighted by molar-refractivity contribution is 5.96. The predicted octanol–water partition coefficient (Wildman–Crippen LogP) is 2.04. The van der Waals surface area contributed by atoms with Crippen LogP contribution < -0.4 is 5.32 Å². The summed E-state index contributed by atoms with van der Waals surface area (Å²) in [6.45, 7) is 4.65. The van der Waals surface area contributed by atoms with Crippen LogP contribution in [0.3, 0.4) is 0 Å². The van der Waals surface area contributed by atoms with Crippen LogP contribution in [0.25, 0.3) is 0 Å². The number of benzene rings is 1. The van der Waals surface area contributed by atoms with E-state index in [0.717, 1.165) is 6.07 Å². The Bertz CT molecular complexity index is 539. The molecule has 0 aromatic heterocycles. The Labute approximate surface area is 109 Å². The van der Waals surface area contributed by atoms with Gasteiger partial charge in [0.1, 0.15) is 5.69 Å². The number of anilines is 1. The molecule has 0 radical (unpaired) electrons. The number of amides is 1. The van der Waals surface area contributed by atoms with Gasteiger partial charge >= 0.3 is 5.97 Å². The fourth-order valence-corrected chi connectivity index (χ4v) is 1.58. The summed E-state index contributed by atoms with van der Waals surface area (Å²) >= 11 is 0. The number of carbonyl (C=O) groups is 2. The highest BCUT2D eigenvalue weighted by Crippen LogP contribution is 2.30. The van der Waals surface area contributed by atoms with Crippen molar-refractivity contribution in [2.24, 2.45) is 0 Å². The molecule has 0 saturated carbocycles. The summed E-state index contributed by atoms with van der Waals surface area (Å²) in [5, 5.41) is 13.4. The van der Waals surface area contributed by atoms with Crippen LogP contribution in [0.5, 0.6) is 0 Å². The Morgan fingerprint density at radius 1 is 1.42 bits per heavy atom. The van der Waals surface area contributed by atoms with Crippen molar-refractivity contribution in [1.82, 2.24) is 0 Å². The smallest absolute Gasteiger partial charge is 0.338 e. The fourth-order valence-electron chi connectivity index (χ4n) is 1.58. The Kier molecular flexibility index (Phi) is 4.57. The summed E-state index contributed by atoms with van der Waals surface area (Å²) in [4.78, 5) is 32.9. The van der Waals surface area contributed by atoms with Crippen LogP contribution in [0.4, 0.5) is 11.4 Å². The van der Waals surface area contributed by atoms with E-state index in [2.05, 4.69) is 5.32 Å². The lowest BCUT2D eigenvalue weighted by atomic mass is 10.1. The van der Waals surface area contributed by atoms with Crippen molar-refractivity contribution in [3.63, 3.8) is 0 Å². The molecule has 0 saturated heterocycles. The minimum atomic E-state index is -0.652. The third-order valence-corrected chi connectivity index (χ3v) is 2.32. The second kappa shape index (κ2) is 5.94. The van der Waals surface area contributed by atoms with E-state index in [1.165, 1.54) is 13.0 Å². The highest BCUT2D eigenvalue weighted by atomic mass is 16.6. The molecule has 102 valence electrons. The average Bonchev–Trinajstić information content (AvgIpc) is 2.30. The molecule has 0 aliphatic heterocycles. The molecular weight excluding hydrogens is 252 g/mol. The number of hydrogen-bond acceptors (Lipinski definition) is 5. The van der Waals surface area contributed by atoms with Crippen molar-refractivity contribution in [3.05, 3.63) is 33.4 Å². The van der Waals surface area contributed by atoms with Crippen LogP contribution in [-0.4, -0.2) is 23.4 Å². The maximum Gasteiger partial charge on any atom is 0.338 e. The summed E-state index contributed by atoms with van der Waals surface area (Å²) < 4.78 is 4.79. The van der Waals surface area contributed by atoms with Crippen LogP contribution in [-0.2, 0) is 9.53 Å². The van der Waals surface area contributed by atoms with Gasteiger partial charge in [-0.3, -0.25) is 14.9 Å². The quantitative estimate of drug-likeness (QED) is 0.510. The van der Waals surface area contributed by atoms with Gasteiger partial charge in [0.2, 0.25) is 5.91 Å². The van der Waals surface area contributed by atoms with Crippen molar-refractivity contribution in [1.29, 1.82) is 0 Å². The summed E-state index contributed by atoms with van der Waals surface area (Å²) in [6, 6.07) is 2.53. The Morgan fingerprint density at radius 3 is 2.53 bits per heavy atom. The molecule has 7 heteroatoms. The third kappa shape index (κ3) is 3.51. The number of nitrogens with one attached hydrogen (secondary N) is 1. The number of nitro benzene ring substituents is 1. The maximum absolute atomic E-state index is 11.6. The van der Waals surface area contributed by atoms with Crippen molar-refractivity contribution < 1.29 is 19.2 Å². The first-order valence-electron chi connectivity index (χ1n) is 5.60. The molecule has 1 aromatic carbocycles. The van der Waals surface area contributed by atoms with Crippen LogP contribution in [0.1, 0.15) is 29.8 Å². The number of esters is 1. The number of hydrogen-bond donors (Lipinski definition) is 1. The number of aryl methyl sites for hydroxylation is 1. The third-order valence-electron chi connectivity index (χ3n) is 2.32. The number of carbonyl (C=O) groups excluding carboxylic acids is 2. The van der Waals surface area contributed by atoms with Gasteiger partial charge in [-0.25, -0.2) is 4.79 Å². The zero-order chi connectivity index (χ0) is 14.6. The van der Waals surface area contributed by atoms with Crippen LogP contribution in [0.2, 0.25) is 0 Å². The van der Waals surface area contributed by atoms with Crippen LogP contribution in [0.15, 0.2) is 12.1 Å². The average molecular weight is 266 g/mol. The summed E-state index contributed by atoms with van der Waals surface area (Å²) in [6.07, 6.45) is 0. The van der Waals surface area contributed by atoms with E-state index >= 15 is 0 Å². The monoisotopic (exact) mass is 266 g/mol. The van der Waals surface area contributed by atoms with E-state index in [1.54, 1.807) is 13.8 Å². The van der Waals surface area contributed by atoms with Crippen LogP contribution >= 0.6 is 0 Å². The predicted molar refractivity (Wildman–Crippen MR) is 68.1 cm³/mol. The summed E-state index contributed by atoms with van der Waals surface area (Å²) in [5.41, 5.74) is 0.261. The van der Waals surface area contributed by atoms with Gasteiger partial charge in [-0.1, -0.05) is 0 Å². The Morgan fingerprint density at radius 2 is 2.05 bits per heavy atom. The van der Waals surface area contributed by atoms with Gasteiger partial charge in [-0.2, -0.15) is 0 Å². The Balaban J connectivity index is 3.32. The molecule has 1 amide bonds. The molecule has 1 aromatic rings. The summed E-state index contributed by atoms with van der Waals surface area (Å²) in [7, 11) is 0. The molecule has 19 heavy (non-hydrogen) atoms. The Hall–Kier alpha value is -2.44. The molecule has 0 heterocycles. The maximum atomic E-state index is 11.6. The van der Waals surface area contributed by atoms with Crippen molar-refractivity contribution >= 4 is 23.3 Å². The minimum absolute atomic E-state index is 0.0835. The summed E-state index contributed by atoms with van der Waals surface area (Å²) in [5.74, 6) is -1.06. The molecule has 0 unspecified atom stereocenters. The molecular formula is C12H14N2O5. The number of nitro groups is 1. The van der Waals surface area contributed by atoms with Gasteiger partial charge in [-0.05, 0) is 25.5 Å². The van der Waals surface area contributed by atoms with Gasteiger partial charge in [0.15, 0.2) is 0 Å². The lowest BCUT2D eigenvalue weighted by molar-refractivity contribution is -0.384. The molecule has 0 fully saturated rings. The number of rotatable bonds is 4. The van der Waals surface area contributed by atoms with E-state index in [-0.39, 0.29) is 23.5 Å².